The van der Waals surface area contributed by atoms with Crippen LogP contribution in [0.1, 0.15) is 24.8 Å². The predicted molar refractivity (Wildman–Crippen MR) is 145 cm³/mol. The molecular weight excluding hydrogens is 538 g/mol. The molecule has 0 bridgehead atoms. The van der Waals surface area contributed by atoms with E-state index in [0.29, 0.717) is 23.9 Å². The molecule has 0 saturated carbocycles. The Morgan fingerprint density at radius 1 is 1.14 bits per heavy atom. The van der Waals surface area contributed by atoms with Crippen LogP contribution in [0.15, 0.2) is 48.7 Å². The molecule has 3 aromatic rings. The predicted octanol–water partition coefficient (Wildman–Crippen LogP) is 6.41. The van der Waals surface area contributed by atoms with Crippen LogP contribution in [-0.4, -0.2) is 39.8 Å². The second-order valence-corrected chi connectivity index (χ2v) is 8.49. The summed E-state index contributed by atoms with van der Waals surface area (Å²) in [6, 6.07) is 13.0. The molecule has 1 saturated heterocycles. The first-order valence-electron chi connectivity index (χ1n) is 10.6. The van der Waals surface area contributed by atoms with Gasteiger partial charge < -0.3 is 15.3 Å². The van der Waals surface area contributed by atoms with Crippen molar-refractivity contribution in [1.82, 2.24) is 9.88 Å². The molecule has 0 amide bonds. The highest BCUT2D eigenvalue weighted by Gasteiger charge is 2.20. The molecule has 35 heavy (non-hydrogen) atoms. The number of anilines is 2. The fourth-order valence-corrected chi connectivity index (χ4v) is 4.31. The van der Waals surface area contributed by atoms with Gasteiger partial charge in [0.05, 0.1) is 12.1 Å². The Hall–Kier alpha value is -2.23. The standard InChI is InChI=1S/C23H25ClN4O4.3ClH/c24-18-1-3-20-21(5-9-25-22(20)14-18)26-19-2-4-23(29)17(13-19)15-27-10-6-16(7-11-27)8-12-32-28(30)31;;;/h1-5,9,13-14,16,29H,6-8,10-12,15H2,(H,25,26);3*1H. The van der Waals surface area contributed by atoms with Crippen molar-refractivity contribution in [3.8, 4) is 5.75 Å². The fourth-order valence-electron chi connectivity index (χ4n) is 4.14. The highest BCUT2D eigenvalue weighted by molar-refractivity contribution is 6.31. The first-order valence-corrected chi connectivity index (χ1v) is 11.0. The minimum atomic E-state index is -0.733. The summed E-state index contributed by atoms with van der Waals surface area (Å²) in [5.41, 5.74) is 3.47. The van der Waals surface area contributed by atoms with E-state index in [1.807, 2.05) is 36.4 Å². The van der Waals surface area contributed by atoms with E-state index in [-0.39, 0.29) is 49.6 Å². The van der Waals surface area contributed by atoms with Gasteiger partial charge in [-0.1, -0.05) is 11.6 Å². The molecule has 0 radical (unpaired) electrons. The van der Waals surface area contributed by atoms with Gasteiger partial charge in [0.25, 0.3) is 5.09 Å². The molecule has 1 fully saturated rings. The molecule has 192 valence electrons. The van der Waals surface area contributed by atoms with Gasteiger partial charge >= 0.3 is 0 Å². The molecular formula is C23H28Cl4N4O4. The molecule has 2 N–H and O–H groups in total. The van der Waals surface area contributed by atoms with Crippen LogP contribution in [0.4, 0.5) is 11.4 Å². The molecule has 0 unspecified atom stereocenters. The summed E-state index contributed by atoms with van der Waals surface area (Å²) >= 11 is 6.08. The lowest BCUT2D eigenvalue weighted by Gasteiger charge is -2.32. The summed E-state index contributed by atoms with van der Waals surface area (Å²) in [6.07, 6.45) is 4.37. The second-order valence-electron chi connectivity index (χ2n) is 8.05. The van der Waals surface area contributed by atoms with Crippen molar-refractivity contribution in [3.63, 3.8) is 0 Å². The largest absolute Gasteiger partial charge is 0.508 e. The molecule has 8 nitrogen and oxygen atoms in total. The smallest absolute Gasteiger partial charge is 0.294 e. The van der Waals surface area contributed by atoms with Gasteiger partial charge in [-0.2, -0.15) is 0 Å². The molecule has 2 heterocycles. The number of halogens is 4. The number of hydrogen-bond donors (Lipinski definition) is 2. The first-order chi connectivity index (χ1) is 15.5. The Morgan fingerprint density at radius 2 is 1.89 bits per heavy atom. The maximum Gasteiger partial charge on any atom is 0.294 e. The van der Waals surface area contributed by atoms with Crippen molar-refractivity contribution in [2.45, 2.75) is 25.8 Å². The number of likely N-dealkylation sites (tertiary alicyclic amines) is 1. The number of rotatable bonds is 8. The Morgan fingerprint density at radius 3 is 2.60 bits per heavy atom. The molecule has 1 aromatic heterocycles. The van der Waals surface area contributed by atoms with Crippen molar-refractivity contribution in [2.75, 3.05) is 25.0 Å². The number of phenolic OH excluding ortho intramolecular Hbond substituents is 1. The molecule has 1 aliphatic heterocycles. The quantitative estimate of drug-likeness (QED) is 0.185. The van der Waals surface area contributed by atoms with Crippen LogP contribution >= 0.6 is 48.8 Å². The minimum absolute atomic E-state index is 0. The maximum atomic E-state index is 10.4. The van der Waals surface area contributed by atoms with Gasteiger partial charge in [0.2, 0.25) is 0 Å². The van der Waals surface area contributed by atoms with Crippen molar-refractivity contribution in [3.05, 3.63) is 69.4 Å². The van der Waals surface area contributed by atoms with Gasteiger partial charge in [0.15, 0.2) is 0 Å². The van der Waals surface area contributed by atoms with Crippen molar-refractivity contribution < 1.29 is 15.0 Å². The van der Waals surface area contributed by atoms with E-state index < -0.39 is 5.09 Å². The number of hydrogen-bond acceptors (Lipinski definition) is 7. The highest BCUT2D eigenvalue weighted by Crippen LogP contribution is 2.30. The third-order valence-corrected chi connectivity index (χ3v) is 6.12. The number of pyridine rings is 1. The molecule has 12 heteroatoms. The SMILES string of the molecule is Cl.Cl.Cl.O=[N+]([O-])OCCC1CCN(Cc2cc(Nc3ccnc4cc(Cl)ccc34)ccc2O)CC1. The lowest BCUT2D eigenvalue weighted by Crippen LogP contribution is -2.33. The average Bonchev–Trinajstić information content (AvgIpc) is 2.77. The summed E-state index contributed by atoms with van der Waals surface area (Å²) in [5, 5.41) is 25.0. The molecule has 2 aromatic carbocycles. The summed E-state index contributed by atoms with van der Waals surface area (Å²) in [6.45, 7) is 2.57. The van der Waals surface area contributed by atoms with Crippen molar-refractivity contribution >= 4 is 71.1 Å². The van der Waals surface area contributed by atoms with E-state index in [9.17, 15) is 15.2 Å². The van der Waals surface area contributed by atoms with E-state index in [1.54, 1.807) is 12.3 Å². The fraction of sp³-hybridized carbons (Fsp3) is 0.348. The van der Waals surface area contributed by atoms with Gasteiger partial charge in [-0.25, -0.2) is 0 Å². The number of benzene rings is 2. The number of aromatic hydroxyl groups is 1. The number of nitrogens with one attached hydrogen (secondary N) is 1. The average molecular weight is 566 g/mol. The lowest BCUT2D eigenvalue weighted by atomic mass is 9.93. The number of aromatic nitrogens is 1. The topological polar surface area (TPSA) is 101 Å². The zero-order valence-electron chi connectivity index (χ0n) is 18.8. The van der Waals surface area contributed by atoms with Crippen LogP contribution in [-0.2, 0) is 11.4 Å². The molecule has 0 aliphatic carbocycles. The monoisotopic (exact) mass is 564 g/mol. The van der Waals surface area contributed by atoms with Gasteiger partial charge in [-0.15, -0.1) is 47.3 Å². The Kier molecular flexibility index (Phi) is 12.6. The Bertz CT molecular complexity index is 1110. The maximum absolute atomic E-state index is 10.4. The Labute approximate surface area is 227 Å². The number of nitrogens with zero attached hydrogens (tertiary/aromatic N) is 3. The van der Waals surface area contributed by atoms with Gasteiger partial charge in [-0.05, 0) is 80.7 Å². The summed E-state index contributed by atoms with van der Waals surface area (Å²) < 4.78 is 0. The summed E-state index contributed by atoms with van der Waals surface area (Å²) in [4.78, 5) is 21.4. The van der Waals surface area contributed by atoms with Crippen molar-refractivity contribution in [1.29, 1.82) is 0 Å². The number of phenols is 1. The van der Waals surface area contributed by atoms with Crippen molar-refractivity contribution in [2.24, 2.45) is 5.92 Å². The molecule has 0 atom stereocenters. The molecule has 4 rings (SSSR count). The zero-order valence-corrected chi connectivity index (χ0v) is 22.0. The third kappa shape index (κ3) is 8.44. The van der Waals surface area contributed by atoms with Crippen LogP contribution in [0.5, 0.6) is 5.75 Å². The number of fused-ring (bicyclic) bond motifs is 1. The van der Waals surface area contributed by atoms with E-state index in [2.05, 4.69) is 20.0 Å². The van der Waals surface area contributed by atoms with E-state index in [4.69, 9.17) is 11.6 Å². The van der Waals surface area contributed by atoms with Gasteiger partial charge in [0.1, 0.15) is 5.75 Å². The first kappa shape index (κ1) is 30.8. The van der Waals surface area contributed by atoms with Crippen LogP contribution in [0.25, 0.3) is 10.9 Å². The normalized spacial score (nSPS) is 13.7. The van der Waals surface area contributed by atoms with Gasteiger partial charge in [0, 0.05) is 40.1 Å². The molecule has 0 spiro atoms. The minimum Gasteiger partial charge on any atom is -0.508 e. The van der Waals surface area contributed by atoms with Crippen LogP contribution < -0.4 is 5.32 Å². The van der Waals surface area contributed by atoms with Crippen LogP contribution in [0.3, 0.4) is 0 Å². The third-order valence-electron chi connectivity index (χ3n) is 5.89. The zero-order chi connectivity index (χ0) is 22.5. The second kappa shape index (κ2) is 14.4. The van der Waals surface area contributed by atoms with Crippen LogP contribution in [0.2, 0.25) is 5.02 Å². The van der Waals surface area contributed by atoms with E-state index in [0.717, 1.165) is 53.8 Å². The number of piperidine rings is 1. The molecule has 1 aliphatic rings. The van der Waals surface area contributed by atoms with Crippen LogP contribution in [0, 0.1) is 16.0 Å². The Balaban J connectivity index is 0.00000204. The van der Waals surface area contributed by atoms with E-state index >= 15 is 0 Å². The van der Waals surface area contributed by atoms with E-state index in [1.165, 1.54) is 0 Å². The van der Waals surface area contributed by atoms with Gasteiger partial charge in [-0.3, -0.25) is 9.88 Å². The summed E-state index contributed by atoms with van der Waals surface area (Å²) in [7, 11) is 0. The highest BCUT2D eigenvalue weighted by atomic mass is 35.5. The summed E-state index contributed by atoms with van der Waals surface area (Å²) in [5.74, 6) is 0.699. The lowest BCUT2D eigenvalue weighted by molar-refractivity contribution is -0.758.